The van der Waals surface area contributed by atoms with Crippen LogP contribution in [0.25, 0.3) is 0 Å². The van der Waals surface area contributed by atoms with Gasteiger partial charge in [0, 0.05) is 50.2 Å². The number of nitrogens with one attached hydrogen (secondary N) is 1. The van der Waals surface area contributed by atoms with Crippen LogP contribution in [0.15, 0.2) is 12.4 Å². The number of halogens is 4. The highest BCUT2D eigenvalue weighted by molar-refractivity contribution is 6.35. The van der Waals surface area contributed by atoms with Crippen LogP contribution in [-0.2, 0) is 0 Å². The van der Waals surface area contributed by atoms with Crippen molar-refractivity contribution in [1.29, 1.82) is 0 Å². The zero-order chi connectivity index (χ0) is 11.5. The van der Waals surface area contributed by atoms with Gasteiger partial charge in [-0.2, -0.15) is 0 Å². The number of pyridine rings is 1. The molecule has 0 spiro atoms. The summed E-state index contributed by atoms with van der Waals surface area (Å²) < 4.78 is 0. The Hall–Kier alpha value is 0.230. The first-order valence-electron chi connectivity index (χ1n) is 5.44. The molecule has 18 heavy (non-hydrogen) atoms. The quantitative estimate of drug-likeness (QED) is 0.901. The molecule has 0 unspecified atom stereocenters. The van der Waals surface area contributed by atoms with E-state index in [1.54, 1.807) is 12.4 Å². The first-order valence-corrected chi connectivity index (χ1v) is 6.19. The normalized spacial score (nSPS) is 17.5. The Labute approximate surface area is 130 Å². The van der Waals surface area contributed by atoms with Gasteiger partial charge in [-0.3, -0.25) is 9.88 Å². The number of rotatable bonds is 2. The molecule has 3 nitrogen and oxygen atoms in total. The summed E-state index contributed by atoms with van der Waals surface area (Å²) >= 11 is 12.3. The first-order chi connectivity index (χ1) is 7.70. The molecule has 0 aliphatic carbocycles. The molecule has 0 saturated carbocycles. The van der Waals surface area contributed by atoms with Gasteiger partial charge in [0.25, 0.3) is 0 Å². The topological polar surface area (TPSA) is 28.2 Å². The van der Waals surface area contributed by atoms with Gasteiger partial charge in [-0.05, 0) is 6.92 Å². The Morgan fingerprint density at radius 1 is 1.17 bits per heavy atom. The Bertz CT molecular complexity index is 349. The van der Waals surface area contributed by atoms with Crippen molar-refractivity contribution in [3.05, 3.63) is 28.0 Å². The fraction of sp³-hybridized carbons (Fsp3) is 0.545. The first kappa shape index (κ1) is 18.2. The lowest BCUT2D eigenvalue weighted by Crippen LogP contribution is -2.44. The van der Waals surface area contributed by atoms with Crippen molar-refractivity contribution < 1.29 is 0 Å². The molecule has 104 valence electrons. The predicted molar refractivity (Wildman–Crippen MR) is 81.6 cm³/mol. The molecule has 1 fully saturated rings. The van der Waals surface area contributed by atoms with Gasteiger partial charge in [-0.25, -0.2) is 0 Å². The lowest BCUT2D eigenvalue weighted by molar-refractivity contribution is 0.185. The van der Waals surface area contributed by atoms with Gasteiger partial charge in [0.05, 0.1) is 10.0 Å². The molecule has 1 saturated heterocycles. The zero-order valence-electron chi connectivity index (χ0n) is 10.0. The van der Waals surface area contributed by atoms with Crippen LogP contribution in [0, 0.1) is 0 Å². The predicted octanol–water partition coefficient (Wildman–Crippen LogP) is 3.20. The molecule has 1 aliphatic rings. The van der Waals surface area contributed by atoms with Gasteiger partial charge < -0.3 is 5.32 Å². The van der Waals surface area contributed by atoms with Gasteiger partial charge in [-0.15, -0.1) is 24.8 Å². The number of aromatic nitrogens is 1. The molecular weight excluding hydrogens is 316 g/mol. The van der Waals surface area contributed by atoms with E-state index in [1.807, 2.05) is 0 Å². The number of hydrogen-bond acceptors (Lipinski definition) is 3. The van der Waals surface area contributed by atoms with E-state index in [-0.39, 0.29) is 30.9 Å². The second kappa shape index (κ2) is 8.41. The second-order valence-electron chi connectivity index (χ2n) is 3.98. The van der Waals surface area contributed by atoms with E-state index in [1.165, 1.54) is 0 Å². The van der Waals surface area contributed by atoms with Gasteiger partial charge >= 0.3 is 0 Å². The van der Waals surface area contributed by atoms with E-state index in [2.05, 4.69) is 22.1 Å². The summed E-state index contributed by atoms with van der Waals surface area (Å²) in [6, 6.07) is 0.241. The summed E-state index contributed by atoms with van der Waals surface area (Å²) in [6.07, 6.45) is 3.31. The Balaban J connectivity index is 0.00000144. The Morgan fingerprint density at radius 2 is 1.67 bits per heavy atom. The fourth-order valence-corrected chi connectivity index (χ4v) is 2.75. The molecule has 0 bridgehead atoms. The molecule has 0 amide bonds. The maximum absolute atomic E-state index is 6.15. The standard InChI is InChI=1S/C11H15Cl2N3.2ClH/c1-8(16-4-2-14-3-5-16)11-9(12)6-15-7-10(11)13;;/h6-8,14H,2-5H2,1H3;2*1H/t8-;;/m1../s1. The third kappa shape index (κ3) is 4.12. The van der Waals surface area contributed by atoms with Crippen molar-refractivity contribution in [3.63, 3.8) is 0 Å². The van der Waals surface area contributed by atoms with Crippen LogP contribution in [0.4, 0.5) is 0 Å². The van der Waals surface area contributed by atoms with Crippen molar-refractivity contribution >= 4 is 48.0 Å². The maximum Gasteiger partial charge on any atom is 0.0652 e. The van der Waals surface area contributed by atoms with Crippen molar-refractivity contribution in [2.45, 2.75) is 13.0 Å². The van der Waals surface area contributed by atoms with Crippen LogP contribution in [0.2, 0.25) is 10.0 Å². The van der Waals surface area contributed by atoms with E-state index in [9.17, 15) is 0 Å². The van der Waals surface area contributed by atoms with Gasteiger partial charge in [0.1, 0.15) is 0 Å². The fourth-order valence-electron chi connectivity index (χ4n) is 2.07. The molecule has 0 radical (unpaired) electrons. The van der Waals surface area contributed by atoms with Crippen molar-refractivity contribution in [1.82, 2.24) is 15.2 Å². The zero-order valence-corrected chi connectivity index (χ0v) is 13.2. The average molecular weight is 333 g/mol. The van der Waals surface area contributed by atoms with Crippen LogP contribution in [0.1, 0.15) is 18.5 Å². The molecule has 1 aliphatic heterocycles. The van der Waals surface area contributed by atoms with Gasteiger partial charge in [0.2, 0.25) is 0 Å². The van der Waals surface area contributed by atoms with Gasteiger partial charge in [-0.1, -0.05) is 23.2 Å². The van der Waals surface area contributed by atoms with Crippen LogP contribution in [-0.4, -0.2) is 36.1 Å². The van der Waals surface area contributed by atoms with Crippen LogP contribution < -0.4 is 5.32 Å². The molecule has 1 aromatic rings. The third-order valence-electron chi connectivity index (χ3n) is 3.01. The SMILES string of the molecule is C[C@H](c1c(Cl)cncc1Cl)N1CCNCC1.Cl.Cl. The minimum Gasteiger partial charge on any atom is -0.314 e. The second-order valence-corrected chi connectivity index (χ2v) is 4.79. The maximum atomic E-state index is 6.15. The van der Waals surface area contributed by atoms with Crippen molar-refractivity contribution in [3.8, 4) is 0 Å². The Kier molecular flexibility index (Phi) is 8.52. The highest BCUT2D eigenvalue weighted by Gasteiger charge is 2.22. The third-order valence-corrected chi connectivity index (χ3v) is 3.61. The lowest BCUT2D eigenvalue weighted by atomic mass is 10.1. The van der Waals surface area contributed by atoms with E-state index in [0.717, 1.165) is 31.7 Å². The summed E-state index contributed by atoms with van der Waals surface area (Å²) in [5, 5.41) is 4.63. The van der Waals surface area contributed by atoms with E-state index >= 15 is 0 Å². The number of piperazine rings is 1. The molecule has 0 aromatic carbocycles. The van der Waals surface area contributed by atoms with Crippen LogP contribution >= 0.6 is 48.0 Å². The summed E-state index contributed by atoms with van der Waals surface area (Å²) in [4.78, 5) is 6.36. The van der Waals surface area contributed by atoms with E-state index in [4.69, 9.17) is 23.2 Å². The smallest absolute Gasteiger partial charge is 0.0652 e. The van der Waals surface area contributed by atoms with Crippen LogP contribution in [0.3, 0.4) is 0 Å². The molecule has 2 rings (SSSR count). The summed E-state index contributed by atoms with van der Waals surface area (Å²) in [7, 11) is 0. The molecule has 1 aromatic heterocycles. The minimum atomic E-state index is 0. The van der Waals surface area contributed by atoms with E-state index in [0.29, 0.717) is 10.0 Å². The average Bonchev–Trinajstić information content (AvgIpc) is 2.30. The molecule has 7 heteroatoms. The van der Waals surface area contributed by atoms with Crippen molar-refractivity contribution in [2.75, 3.05) is 26.2 Å². The van der Waals surface area contributed by atoms with Crippen LogP contribution in [0.5, 0.6) is 0 Å². The monoisotopic (exact) mass is 331 g/mol. The summed E-state index contributed by atoms with van der Waals surface area (Å²) in [5.74, 6) is 0. The minimum absolute atomic E-state index is 0. The lowest BCUT2D eigenvalue weighted by Gasteiger charge is -2.33. The van der Waals surface area contributed by atoms with Gasteiger partial charge in [0.15, 0.2) is 0 Å². The largest absolute Gasteiger partial charge is 0.314 e. The Morgan fingerprint density at radius 3 is 2.17 bits per heavy atom. The molecular formula is C11H17Cl4N3. The number of nitrogens with zero attached hydrogens (tertiary/aromatic N) is 2. The van der Waals surface area contributed by atoms with Crippen molar-refractivity contribution in [2.24, 2.45) is 0 Å². The highest BCUT2D eigenvalue weighted by atomic mass is 35.5. The van der Waals surface area contributed by atoms with E-state index < -0.39 is 0 Å². The molecule has 1 atom stereocenters. The summed E-state index contributed by atoms with van der Waals surface area (Å²) in [6.45, 7) is 6.22. The summed E-state index contributed by atoms with van der Waals surface area (Å²) in [5.41, 5.74) is 0.986. The molecule has 2 heterocycles. The number of hydrogen-bond donors (Lipinski definition) is 1. The molecule has 1 N–H and O–H groups in total. The highest BCUT2D eigenvalue weighted by Crippen LogP contribution is 2.32.